The van der Waals surface area contributed by atoms with Gasteiger partial charge < -0.3 is 15.8 Å². The number of amides is 1. The van der Waals surface area contributed by atoms with Crippen LogP contribution < -0.4 is 15.8 Å². The molecular formula is C13H14N4O2. The Morgan fingerprint density at radius 3 is 2.68 bits per heavy atom. The van der Waals surface area contributed by atoms with E-state index in [0.29, 0.717) is 17.1 Å². The number of carbonyl (C=O) groups excluding carboxylic acids is 1. The number of nitrogen functional groups attached to an aromatic ring is 1. The molecule has 0 atom stereocenters. The third-order valence-corrected chi connectivity index (χ3v) is 2.50. The molecule has 19 heavy (non-hydrogen) atoms. The van der Waals surface area contributed by atoms with Crippen LogP contribution in [0.3, 0.4) is 0 Å². The molecule has 0 aliphatic carbocycles. The van der Waals surface area contributed by atoms with Crippen molar-refractivity contribution in [2.24, 2.45) is 0 Å². The number of aryl methyl sites for hydroxylation is 1. The number of nitrogens with two attached hydrogens (primary N) is 1. The number of methoxy groups -OCH3 is 1. The first-order valence-corrected chi connectivity index (χ1v) is 5.63. The first-order valence-electron chi connectivity index (χ1n) is 5.63. The molecule has 0 unspecified atom stereocenters. The summed E-state index contributed by atoms with van der Waals surface area (Å²) >= 11 is 0. The molecule has 98 valence electrons. The molecule has 2 rings (SSSR count). The second-order valence-electron chi connectivity index (χ2n) is 3.95. The van der Waals surface area contributed by atoms with Crippen LogP contribution >= 0.6 is 0 Å². The highest BCUT2D eigenvalue weighted by Crippen LogP contribution is 2.24. The van der Waals surface area contributed by atoms with Gasteiger partial charge in [-0.1, -0.05) is 0 Å². The predicted octanol–water partition coefficient (Wildman–Crippen LogP) is 1.63. The van der Waals surface area contributed by atoms with E-state index >= 15 is 0 Å². The van der Waals surface area contributed by atoms with Crippen molar-refractivity contribution in [2.45, 2.75) is 6.92 Å². The summed E-state index contributed by atoms with van der Waals surface area (Å²) < 4.78 is 5.04. The summed E-state index contributed by atoms with van der Waals surface area (Å²) in [6, 6.07) is 5.01. The van der Waals surface area contributed by atoms with Crippen LogP contribution in [0.15, 0.2) is 30.6 Å². The number of nitrogens with one attached hydrogen (secondary N) is 1. The van der Waals surface area contributed by atoms with Gasteiger partial charge in [0.1, 0.15) is 11.4 Å². The number of carbonyl (C=O) groups is 1. The molecule has 1 amide bonds. The Labute approximate surface area is 110 Å². The summed E-state index contributed by atoms with van der Waals surface area (Å²) in [5.74, 6) is 0.227. The van der Waals surface area contributed by atoms with Gasteiger partial charge in [-0.05, 0) is 25.1 Å². The molecule has 0 spiro atoms. The van der Waals surface area contributed by atoms with Crippen molar-refractivity contribution >= 4 is 17.3 Å². The molecule has 0 aliphatic heterocycles. The van der Waals surface area contributed by atoms with Gasteiger partial charge in [0.15, 0.2) is 0 Å². The predicted molar refractivity (Wildman–Crippen MR) is 72.1 cm³/mol. The number of rotatable bonds is 3. The maximum absolute atomic E-state index is 11.9. The molecule has 3 N–H and O–H groups in total. The zero-order chi connectivity index (χ0) is 13.8. The van der Waals surface area contributed by atoms with Gasteiger partial charge in [0.2, 0.25) is 0 Å². The Bertz CT molecular complexity index is 596. The van der Waals surface area contributed by atoms with Crippen LogP contribution in [0.1, 0.15) is 16.2 Å². The Balaban J connectivity index is 2.14. The van der Waals surface area contributed by atoms with Crippen molar-refractivity contribution < 1.29 is 9.53 Å². The van der Waals surface area contributed by atoms with E-state index in [1.165, 1.54) is 19.5 Å². The lowest BCUT2D eigenvalue weighted by Gasteiger charge is -2.08. The zero-order valence-corrected chi connectivity index (χ0v) is 10.7. The van der Waals surface area contributed by atoms with Crippen molar-refractivity contribution in [3.05, 3.63) is 42.0 Å². The topological polar surface area (TPSA) is 90.1 Å². The number of hydrogen-bond donors (Lipinski definition) is 2. The summed E-state index contributed by atoms with van der Waals surface area (Å²) in [5.41, 5.74) is 7.80. The summed E-state index contributed by atoms with van der Waals surface area (Å²) in [6.45, 7) is 1.80. The van der Waals surface area contributed by atoms with Crippen molar-refractivity contribution in [3.63, 3.8) is 0 Å². The molecule has 0 bridgehead atoms. The van der Waals surface area contributed by atoms with E-state index in [1.54, 1.807) is 25.1 Å². The van der Waals surface area contributed by atoms with E-state index in [-0.39, 0.29) is 11.6 Å². The number of anilines is 2. The molecule has 1 aromatic heterocycles. The molecule has 6 heteroatoms. The standard InChI is InChI=1S/C13H14N4O2/c1-8-6-16-11(7-15-8)13(18)17-9-3-4-12(19-2)10(14)5-9/h3-7H,14H2,1-2H3,(H,17,18). The van der Waals surface area contributed by atoms with Crippen molar-refractivity contribution in [1.29, 1.82) is 0 Å². The van der Waals surface area contributed by atoms with Crippen molar-refractivity contribution in [3.8, 4) is 5.75 Å². The highest BCUT2D eigenvalue weighted by molar-refractivity contribution is 6.02. The van der Waals surface area contributed by atoms with Crippen LogP contribution in [-0.2, 0) is 0 Å². The minimum absolute atomic E-state index is 0.250. The number of hydrogen-bond acceptors (Lipinski definition) is 5. The number of aromatic nitrogens is 2. The summed E-state index contributed by atoms with van der Waals surface area (Å²) in [4.78, 5) is 19.9. The lowest BCUT2D eigenvalue weighted by atomic mass is 10.2. The third kappa shape index (κ3) is 2.98. The molecule has 0 saturated carbocycles. The fraction of sp³-hybridized carbons (Fsp3) is 0.154. The quantitative estimate of drug-likeness (QED) is 0.816. The normalized spacial score (nSPS) is 10.0. The van der Waals surface area contributed by atoms with Crippen LogP contribution in [0.25, 0.3) is 0 Å². The Hall–Kier alpha value is -2.63. The molecule has 0 radical (unpaired) electrons. The van der Waals surface area contributed by atoms with E-state index in [1.807, 2.05) is 0 Å². The van der Waals surface area contributed by atoms with Gasteiger partial charge in [0, 0.05) is 11.9 Å². The molecule has 1 aromatic carbocycles. The minimum Gasteiger partial charge on any atom is -0.495 e. The molecular weight excluding hydrogens is 244 g/mol. The van der Waals surface area contributed by atoms with Crippen LogP contribution in [-0.4, -0.2) is 23.0 Å². The fourth-order valence-corrected chi connectivity index (χ4v) is 1.52. The van der Waals surface area contributed by atoms with Gasteiger partial charge in [-0.25, -0.2) is 4.98 Å². The summed E-state index contributed by atoms with van der Waals surface area (Å²) in [7, 11) is 1.53. The molecule has 2 aromatic rings. The van der Waals surface area contributed by atoms with Gasteiger partial charge in [0.05, 0.1) is 24.7 Å². The van der Waals surface area contributed by atoms with Crippen LogP contribution in [0.2, 0.25) is 0 Å². The number of nitrogens with zero attached hydrogens (tertiary/aromatic N) is 2. The maximum atomic E-state index is 11.9. The molecule has 0 saturated heterocycles. The van der Waals surface area contributed by atoms with Gasteiger partial charge in [-0.2, -0.15) is 0 Å². The van der Waals surface area contributed by atoms with Gasteiger partial charge in [-0.15, -0.1) is 0 Å². The number of ether oxygens (including phenoxy) is 1. The Morgan fingerprint density at radius 1 is 1.32 bits per heavy atom. The summed E-state index contributed by atoms with van der Waals surface area (Å²) in [5, 5.41) is 2.69. The molecule has 0 aliphatic rings. The second kappa shape index (κ2) is 5.34. The van der Waals surface area contributed by atoms with Crippen LogP contribution in [0.4, 0.5) is 11.4 Å². The fourth-order valence-electron chi connectivity index (χ4n) is 1.52. The van der Waals surface area contributed by atoms with E-state index in [0.717, 1.165) is 5.69 Å². The zero-order valence-electron chi connectivity index (χ0n) is 10.7. The highest BCUT2D eigenvalue weighted by Gasteiger charge is 2.09. The molecule has 6 nitrogen and oxygen atoms in total. The molecule has 1 heterocycles. The molecule has 0 fully saturated rings. The monoisotopic (exact) mass is 258 g/mol. The van der Waals surface area contributed by atoms with E-state index in [2.05, 4.69) is 15.3 Å². The van der Waals surface area contributed by atoms with E-state index in [9.17, 15) is 4.79 Å². The highest BCUT2D eigenvalue weighted by atomic mass is 16.5. The van der Waals surface area contributed by atoms with E-state index < -0.39 is 0 Å². The average Bonchev–Trinajstić information content (AvgIpc) is 2.39. The van der Waals surface area contributed by atoms with Gasteiger partial charge in [-0.3, -0.25) is 9.78 Å². The van der Waals surface area contributed by atoms with Crippen LogP contribution in [0, 0.1) is 6.92 Å². The maximum Gasteiger partial charge on any atom is 0.275 e. The largest absolute Gasteiger partial charge is 0.495 e. The van der Waals surface area contributed by atoms with Gasteiger partial charge in [0.25, 0.3) is 5.91 Å². The second-order valence-corrected chi connectivity index (χ2v) is 3.95. The summed E-state index contributed by atoms with van der Waals surface area (Å²) in [6.07, 6.45) is 2.97. The van der Waals surface area contributed by atoms with Crippen molar-refractivity contribution in [2.75, 3.05) is 18.2 Å². The Kier molecular flexibility index (Phi) is 3.61. The SMILES string of the molecule is COc1ccc(NC(=O)c2cnc(C)cn2)cc1N. The van der Waals surface area contributed by atoms with E-state index in [4.69, 9.17) is 10.5 Å². The minimum atomic E-state index is -0.336. The third-order valence-electron chi connectivity index (χ3n) is 2.50. The Morgan fingerprint density at radius 2 is 2.11 bits per heavy atom. The average molecular weight is 258 g/mol. The first-order chi connectivity index (χ1) is 9.10. The first kappa shape index (κ1) is 12.8. The lowest BCUT2D eigenvalue weighted by Crippen LogP contribution is -2.14. The van der Waals surface area contributed by atoms with Gasteiger partial charge >= 0.3 is 0 Å². The van der Waals surface area contributed by atoms with Crippen LogP contribution in [0.5, 0.6) is 5.75 Å². The smallest absolute Gasteiger partial charge is 0.275 e. The van der Waals surface area contributed by atoms with Crippen molar-refractivity contribution in [1.82, 2.24) is 9.97 Å². The lowest BCUT2D eigenvalue weighted by molar-refractivity contribution is 0.102. The number of benzene rings is 1.